The van der Waals surface area contributed by atoms with Crippen molar-refractivity contribution in [2.45, 2.75) is 13.8 Å². The van der Waals surface area contributed by atoms with Gasteiger partial charge in [0.15, 0.2) is 0 Å². The van der Waals surface area contributed by atoms with Crippen molar-refractivity contribution in [1.82, 2.24) is 14.9 Å². The van der Waals surface area contributed by atoms with E-state index in [2.05, 4.69) is 38.1 Å². The number of aryl methyl sites for hydroxylation is 1. The Labute approximate surface area is 156 Å². The average molecular weight is 369 g/mol. The summed E-state index contributed by atoms with van der Waals surface area (Å²) in [4.78, 5) is 26.0. The number of hydrogen-bond acceptors (Lipinski definition) is 5. The number of anilines is 2. The molecule has 3 heterocycles. The number of carbonyl (C=O) groups excluding carboxylic acids is 1. The van der Waals surface area contributed by atoms with Crippen LogP contribution in [-0.4, -0.2) is 53.5 Å². The smallest absolute Gasteiger partial charge is 0.272 e. The third-order valence-electron chi connectivity index (χ3n) is 4.85. The summed E-state index contributed by atoms with van der Waals surface area (Å²) in [7, 11) is 0. The molecule has 6 nitrogen and oxygen atoms in total. The van der Waals surface area contributed by atoms with E-state index in [1.54, 1.807) is 11.3 Å². The number of nitrogens with one attached hydrogen (secondary N) is 2. The first kappa shape index (κ1) is 17.1. The Morgan fingerprint density at radius 1 is 1.27 bits per heavy atom. The zero-order chi connectivity index (χ0) is 18.1. The summed E-state index contributed by atoms with van der Waals surface area (Å²) in [6.45, 7) is 9.30. The SMILES string of the molecule is CCN1CCN(c2ccccc2NC(=O)c2cc3nc(C)sc3[nH]2)CC1. The van der Waals surface area contributed by atoms with Crippen LogP contribution < -0.4 is 10.2 Å². The molecule has 0 aliphatic carbocycles. The molecule has 26 heavy (non-hydrogen) atoms. The Kier molecular flexibility index (Phi) is 4.65. The number of aromatic amines is 1. The normalized spacial score (nSPS) is 15.5. The van der Waals surface area contributed by atoms with Crippen molar-refractivity contribution < 1.29 is 4.79 Å². The molecule has 0 atom stereocenters. The zero-order valence-electron chi connectivity index (χ0n) is 15.1. The van der Waals surface area contributed by atoms with Crippen molar-refractivity contribution in [3.63, 3.8) is 0 Å². The molecule has 1 aliphatic heterocycles. The van der Waals surface area contributed by atoms with Gasteiger partial charge >= 0.3 is 0 Å². The minimum atomic E-state index is -0.132. The lowest BCUT2D eigenvalue weighted by molar-refractivity contribution is 0.102. The minimum Gasteiger partial charge on any atom is -0.367 e. The van der Waals surface area contributed by atoms with Gasteiger partial charge < -0.3 is 20.1 Å². The van der Waals surface area contributed by atoms with Gasteiger partial charge in [0.25, 0.3) is 5.91 Å². The van der Waals surface area contributed by atoms with Gasteiger partial charge in [0, 0.05) is 26.2 Å². The van der Waals surface area contributed by atoms with Crippen LogP contribution in [0.25, 0.3) is 10.3 Å². The Morgan fingerprint density at radius 3 is 2.77 bits per heavy atom. The number of piperazine rings is 1. The highest BCUT2D eigenvalue weighted by Crippen LogP contribution is 2.28. The maximum atomic E-state index is 12.7. The molecule has 0 radical (unpaired) electrons. The third kappa shape index (κ3) is 3.32. The second-order valence-corrected chi connectivity index (χ2v) is 7.73. The van der Waals surface area contributed by atoms with Crippen molar-refractivity contribution >= 4 is 39.0 Å². The van der Waals surface area contributed by atoms with E-state index in [-0.39, 0.29) is 5.91 Å². The van der Waals surface area contributed by atoms with E-state index in [0.717, 1.165) is 59.5 Å². The van der Waals surface area contributed by atoms with E-state index < -0.39 is 0 Å². The monoisotopic (exact) mass is 369 g/mol. The van der Waals surface area contributed by atoms with Crippen LogP contribution in [0.5, 0.6) is 0 Å². The molecule has 1 aliphatic rings. The number of aromatic nitrogens is 2. The fourth-order valence-electron chi connectivity index (χ4n) is 3.40. The molecule has 0 spiro atoms. The predicted octanol–water partition coefficient (Wildman–Crippen LogP) is 3.33. The van der Waals surface area contributed by atoms with E-state index >= 15 is 0 Å². The van der Waals surface area contributed by atoms with Crippen molar-refractivity contribution in [1.29, 1.82) is 0 Å². The van der Waals surface area contributed by atoms with Crippen LogP contribution in [-0.2, 0) is 0 Å². The molecule has 1 saturated heterocycles. The summed E-state index contributed by atoms with van der Waals surface area (Å²) < 4.78 is 0. The second kappa shape index (κ2) is 7.09. The largest absolute Gasteiger partial charge is 0.367 e. The lowest BCUT2D eigenvalue weighted by Crippen LogP contribution is -2.46. The number of hydrogen-bond donors (Lipinski definition) is 2. The molecule has 0 saturated carbocycles. The first-order valence-corrected chi connectivity index (χ1v) is 9.79. The van der Waals surface area contributed by atoms with Gasteiger partial charge in [0.05, 0.1) is 16.4 Å². The molecule has 3 aromatic rings. The van der Waals surface area contributed by atoms with E-state index in [9.17, 15) is 4.79 Å². The Morgan fingerprint density at radius 2 is 2.04 bits per heavy atom. The van der Waals surface area contributed by atoms with E-state index in [1.807, 2.05) is 31.2 Å². The van der Waals surface area contributed by atoms with Crippen LogP contribution in [0.4, 0.5) is 11.4 Å². The van der Waals surface area contributed by atoms with Crippen LogP contribution in [0.3, 0.4) is 0 Å². The van der Waals surface area contributed by atoms with Crippen LogP contribution in [0.15, 0.2) is 30.3 Å². The number of carbonyl (C=O) groups is 1. The lowest BCUT2D eigenvalue weighted by Gasteiger charge is -2.36. The van der Waals surface area contributed by atoms with Gasteiger partial charge in [-0.25, -0.2) is 4.98 Å². The van der Waals surface area contributed by atoms with Gasteiger partial charge in [-0.05, 0) is 31.7 Å². The number of likely N-dealkylation sites (N-methyl/N-ethyl adjacent to an activating group) is 1. The highest BCUT2D eigenvalue weighted by atomic mass is 32.1. The maximum Gasteiger partial charge on any atom is 0.272 e. The number of thiazole rings is 1. The topological polar surface area (TPSA) is 64.3 Å². The number of rotatable bonds is 4. The van der Waals surface area contributed by atoms with Crippen LogP contribution in [0.2, 0.25) is 0 Å². The van der Waals surface area contributed by atoms with Crippen molar-refractivity contribution in [2.75, 3.05) is 42.9 Å². The summed E-state index contributed by atoms with van der Waals surface area (Å²) in [5, 5.41) is 4.06. The number of para-hydroxylation sites is 2. The fraction of sp³-hybridized carbons (Fsp3) is 0.368. The summed E-state index contributed by atoms with van der Waals surface area (Å²) in [5.41, 5.74) is 3.33. The molecule has 2 N–H and O–H groups in total. The summed E-state index contributed by atoms with van der Waals surface area (Å²) in [5.74, 6) is -0.132. The van der Waals surface area contributed by atoms with E-state index in [0.29, 0.717) is 5.69 Å². The number of benzene rings is 1. The number of amides is 1. The lowest BCUT2D eigenvalue weighted by atomic mass is 10.2. The molecule has 1 amide bonds. The quantitative estimate of drug-likeness (QED) is 0.740. The summed E-state index contributed by atoms with van der Waals surface area (Å²) in [6, 6.07) is 9.84. The number of H-pyrrole nitrogens is 1. The first-order chi connectivity index (χ1) is 12.6. The average Bonchev–Trinajstić information content (AvgIpc) is 3.20. The van der Waals surface area contributed by atoms with Gasteiger partial charge in [0.2, 0.25) is 0 Å². The van der Waals surface area contributed by atoms with Crippen LogP contribution >= 0.6 is 11.3 Å². The maximum absolute atomic E-state index is 12.7. The van der Waals surface area contributed by atoms with Gasteiger partial charge in [-0.1, -0.05) is 19.1 Å². The van der Waals surface area contributed by atoms with Gasteiger partial charge in [-0.3, -0.25) is 4.79 Å². The summed E-state index contributed by atoms with van der Waals surface area (Å²) >= 11 is 1.57. The molecule has 2 aromatic heterocycles. The Hall–Kier alpha value is -2.38. The first-order valence-electron chi connectivity index (χ1n) is 8.98. The zero-order valence-corrected chi connectivity index (χ0v) is 15.9. The van der Waals surface area contributed by atoms with Crippen molar-refractivity contribution in [3.05, 3.63) is 41.0 Å². The minimum absolute atomic E-state index is 0.132. The highest BCUT2D eigenvalue weighted by Gasteiger charge is 2.20. The van der Waals surface area contributed by atoms with E-state index in [4.69, 9.17) is 0 Å². The standard InChI is InChI=1S/C19H23N5OS/c1-3-23-8-10-24(11-9-23)17-7-5-4-6-14(17)21-18(25)15-12-16-19(22-15)26-13(2)20-16/h4-7,12,22H,3,8-11H2,1-2H3,(H,21,25). The molecule has 0 bridgehead atoms. The molecule has 4 rings (SSSR count). The molecular formula is C19H23N5OS. The third-order valence-corrected chi connectivity index (χ3v) is 5.75. The molecule has 1 aromatic carbocycles. The molecule has 7 heteroatoms. The fourth-order valence-corrected chi connectivity index (χ4v) is 4.21. The van der Waals surface area contributed by atoms with Crippen molar-refractivity contribution in [2.24, 2.45) is 0 Å². The molecule has 1 fully saturated rings. The van der Waals surface area contributed by atoms with E-state index in [1.165, 1.54) is 0 Å². The second-order valence-electron chi connectivity index (χ2n) is 6.52. The predicted molar refractivity (Wildman–Crippen MR) is 107 cm³/mol. The number of nitrogens with zero attached hydrogens (tertiary/aromatic N) is 3. The highest BCUT2D eigenvalue weighted by molar-refractivity contribution is 7.18. The van der Waals surface area contributed by atoms with Gasteiger partial charge in [-0.15, -0.1) is 11.3 Å². The molecule has 0 unspecified atom stereocenters. The van der Waals surface area contributed by atoms with Gasteiger partial charge in [-0.2, -0.15) is 0 Å². The van der Waals surface area contributed by atoms with Crippen LogP contribution in [0, 0.1) is 6.92 Å². The number of fused-ring (bicyclic) bond motifs is 1. The Bertz CT molecular complexity index is 892. The molecule has 136 valence electrons. The molecular weight excluding hydrogens is 346 g/mol. The van der Waals surface area contributed by atoms with Gasteiger partial charge in [0.1, 0.15) is 16.0 Å². The van der Waals surface area contributed by atoms with Crippen LogP contribution in [0.1, 0.15) is 22.4 Å². The van der Waals surface area contributed by atoms with Crippen molar-refractivity contribution in [3.8, 4) is 0 Å². The summed E-state index contributed by atoms with van der Waals surface area (Å²) in [6.07, 6.45) is 0. The Balaban J connectivity index is 1.52.